The number of sulfonamides is 1. The van der Waals surface area contributed by atoms with Gasteiger partial charge in [0.1, 0.15) is 0 Å². The van der Waals surface area contributed by atoms with E-state index in [0.717, 1.165) is 16.4 Å². The SMILES string of the molecule is CN(c1cccc(Cl)c1)S(=O)(=O)c1cccc(C(=O)Nc2ccc(F)c(F)c2F)c1. The number of amides is 1. The van der Waals surface area contributed by atoms with Gasteiger partial charge in [-0.2, -0.15) is 0 Å². The van der Waals surface area contributed by atoms with E-state index >= 15 is 0 Å². The Bertz CT molecular complexity index is 1240. The second-order valence-corrected chi connectivity index (χ2v) is 8.56. The highest BCUT2D eigenvalue weighted by Crippen LogP contribution is 2.26. The summed E-state index contributed by atoms with van der Waals surface area (Å²) >= 11 is 5.91. The molecule has 0 aliphatic heterocycles. The number of rotatable bonds is 5. The van der Waals surface area contributed by atoms with Crippen molar-refractivity contribution in [3.63, 3.8) is 0 Å². The third-order valence-electron chi connectivity index (χ3n) is 4.21. The molecular weight excluding hydrogens is 441 g/mol. The number of anilines is 2. The van der Waals surface area contributed by atoms with E-state index in [2.05, 4.69) is 5.32 Å². The number of benzene rings is 3. The second kappa shape index (κ2) is 8.37. The molecule has 0 unspecified atom stereocenters. The summed E-state index contributed by atoms with van der Waals surface area (Å²) in [5.74, 6) is -5.59. The average molecular weight is 455 g/mol. The van der Waals surface area contributed by atoms with Crippen LogP contribution in [-0.4, -0.2) is 21.4 Å². The summed E-state index contributed by atoms with van der Waals surface area (Å²) in [6.07, 6.45) is 0. The molecule has 10 heteroatoms. The van der Waals surface area contributed by atoms with Gasteiger partial charge in [-0.1, -0.05) is 23.7 Å². The van der Waals surface area contributed by atoms with Crippen LogP contribution >= 0.6 is 11.6 Å². The van der Waals surface area contributed by atoms with E-state index in [-0.39, 0.29) is 10.5 Å². The number of hydrogen-bond acceptors (Lipinski definition) is 3. The molecule has 0 saturated heterocycles. The molecule has 0 spiro atoms. The van der Waals surface area contributed by atoms with Crippen LogP contribution in [0.15, 0.2) is 65.6 Å². The predicted molar refractivity (Wildman–Crippen MR) is 108 cm³/mol. The van der Waals surface area contributed by atoms with Crippen molar-refractivity contribution in [2.24, 2.45) is 0 Å². The molecule has 0 heterocycles. The van der Waals surface area contributed by atoms with Crippen LogP contribution in [0.4, 0.5) is 24.5 Å². The van der Waals surface area contributed by atoms with Crippen molar-refractivity contribution < 1.29 is 26.4 Å². The fourth-order valence-electron chi connectivity index (χ4n) is 2.58. The lowest BCUT2D eigenvalue weighted by Crippen LogP contribution is -2.27. The summed E-state index contributed by atoms with van der Waals surface area (Å²) in [4.78, 5) is 12.2. The highest BCUT2D eigenvalue weighted by atomic mass is 35.5. The minimum absolute atomic E-state index is 0.125. The smallest absolute Gasteiger partial charge is 0.264 e. The predicted octanol–water partition coefficient (Wildman–Crippen LogP) is 4.83. The highest BCUT2D eigenvalue weighted by molar-refractivity contribution is 7.92. The maximum atomic E-state index is 13.8. The summed E-state index contributed by atoms with van der Waals surface area (Å²) in [7, 11) is -2.72. The molecule has 3 aromatic rings. The minimum Gasteiger partial charge on any atom is -0.319 e. The van der Waals surface area contributed by atoms with Gasteiger partial charge in [-0.05, 0) is 48.5 Å². The fourth-order valence-corrected chi connectivity index (χ4v) is 4.00. The molecular formula is C20H14ClF3N2O3S. The van der Waals surface area contributed by atoms with E-state index < -0.39 is 39.1 Å². The van der Waals surface area contributed by atoms with Crippen LogP contribution in [0, 0.1) is 17.5 Å². The van der Waals surface area contributed by atoms with Crippen molar-refractivity contribution in [1.29, 1.82) is 0 Å². The Hall–Kier alpha value is -3.04. The minimum atomic E-state index is -4.05. The first-order valence-corrected chi connectivity index (χ1v) is 10.2. The van der Waals surface area contributed by atoms with Gasteiger partial charge in [0, 0.05) is 17.6 Å². The molecule has 3 aromatic carbocycles. The Morgan fingerprint density at radius 2 is 1.67 bits per heavy atom. The molecule has 1 amide bonds. The van der Waals surface area contributed by atoms with Crippen LogP contribution < -0.4 is 9.62 Å². The first-order valence-electron chi connectivity index (χ1n) is 8.40. The van der Waals surface area contributed by atoms with E-state index in [1.54, 1.807) is 18.2 Å². The Kier molecular flexibility index (Phi) is 6.04. The standard InChI is InChI=1S/C20H14ClF3N2O3S/c1-26(14-6-3-5-13(21)11-14)30(28,29)15-7-2-4-12(10-15)20(27)25-17-9-8-16(22)18(23)19(17)24/h2-11H,1H3,(H,25,27). The molecule has 1 N–H and O–H groups in total. The van der Waals surface area contributed by atoms with Crippen LogP contribution in [0.2, 0.25) is 5.02 Å². The first kappa shape index (κ1) is 21.7. The Balaban J connectivity index is 1.90. The largest absolute Gasteiger partial charge is 0.319 e. The monoisotopic (exact) mass is 454 g/mol. The lowest BCUT2D eigenvalue weighted by atomic mass is 10.2. The lowest BCUT2D eigenvalue weighted by molar-refractivity contribution is 0.102. The maximum Gasteiger partial charge on any atom is 0.264 e. The topological polar surface area (TPSA) is 66.5 Å². The van der Waals surface area contributed by atoms with Crippen molar-refractivity contribution in [3.8, 4) is 0 Å². The third-order valence-corrected chi connectivity index (χ3v) is 6.23. The lowest BCUT2D eigenvalue weighted by Gasteiger charge is -2.20. The van der Waals surface area contributed by atoms with Gasteiger partial charge < -0.3 is 5.32 Å². The molecule has 0 saturated carbocycles. The normalized spacial score (nSPS) is 11.2. The molecule has 3 rings (SSSR count). The van der Waals surface area contributed by atoms with Crippen molar-refractivity contribution in [1.82, 2.24) is 0 Å². The molecule has 0 radical (unpaired) electrons. The number of carbonyl (C=O) groups excluding carboxylic acids is 1. The van der Waals surface area contributed by atoms with Gasteiger partial charge in [-0.3, -0.25) is 9.10 Å². The van der Waals surface area contributed by atoms with Gasteiger partial charge in [0.15, 0.2) is 17.5 Å². The van der Waals surface area contributed by atoms with E-state index in [0.29, 0.717) is 16.8 Å². The number of nitrogens with one attached hydrogen (secondary N) is 1. The van der Waals surface area contributed by atoms with Crippen LogP contribution in [0.3, 0.4) is 0 Å². The molecule has 5 nitrogen and oxygen atoms in total. The number of halogens is 4. The summed E-state index contributed by atoms with van der Waals surface area (Å²) < 4.78 is 67.0. The average Bonchev–Trinajstić information content (AvgIpc) is 2.73. The van der Waals surface area contributed by atoms with E-state index in [9.17, 15) is 26.4 Å². The Morgan fingerprint density at radius 1 is 0.967 bits per heavy atom. The number of carbonyl (C=O) groups is 1. The van der Waals surface area contributed by atoms with Crippen LogP contribution in [0.5, 0.6) is 0 Å². The summed E-state index contributed by atoms with van der Waals surface area (Å²) in [6, 6.07) is 12.7. The van der Waals surface area contributed by atoms with Gasteiger partial charge >= 0.3 is 0 Å². The zero-order chi connectivity index (χ0) is 22.1. The number of nitrogens with zero attached hydrogens (tertiary/aromatic N) is 1. The second-order valence-electron chi connectivity index (χ2n) is 6.16. The van der Waals surface area contributed by atoms with Gasteiger partial charge in [0.2, 0.25) is 0 Å². The molecule has 0 bridgehead atoms. The van der Waals surface area contributed by atoms with Gasteiger partial charge in [-0.25, -0.2) is 21.6 Å². The summed E-state index contributed by atoms with van der Waals surface area (Å²) in [5, 5.41) is 2.44. The van der Waals surface area contributed by atoms with Gasteiger partial charge in [0.25, 0.3) is 15.9 Å². The zero-order valence-corrected chi connectivity index (χ0v) is 16.9. The van der Waals surface area contributed by atoms with Crippen molar-refractivity contribution >= 4 is 38.9 Å². The van der Waals surface area contributed by atoms with Crippen molar-refractivity contribution in [2.45, 2.75) is 4.90 Å². The number of hydrogen-bond donors (Lipinski definition) is 1. The summed E-state index contributed by atoms with van der Waals surface area (Å²) in [5.41, 5.74) is -0.399. The van der Waals surface area contributed by atoms with Crippen molar-refractivity contribution in [3.05, 3.63) is 88.7 Å². The third kappa shape index (κ3) is 4.27. The molecule has 0 aliphatic rings. The molecule has 0 fully saturated rings. The van der Waals surface area contributed by atoms with E-state index in [1.165, 1.54) is 31.3 Å². The quantitative estimate of drug-likeness (QED) is 0.561. The highest BCUT2D eigenvalue weighted by Gasteiger charge is 2.23. The Morgan fingerprint density at radius 3 is 2.37 bits per heavy atom. The first-order chi connectivity index (χ1) is 14.1. The molecule has 0 aromatic heterocycles. The Labute approximate surface area is 175 Å². The molecule has 30 heavy (non-hydrogen) atoms. The zero-order valence-electron chi connectivity index (χ0n) is 15.4. The fraction of sp³-hybridized carbons (Fsp3) is 0.0500. The van der Waals surface area contributed by atoms with E-state index in [4.69, 9.17) is 11.6 Å². The van der Waals surface area contributed by atoms with Gasteiger partial charge in [0.05, 0.1) is 16.3 Å². The molecule has 0 atom stereocenters. The molecule has 0 aliphatic carbocycles. The van der Waals surface area contributed by atoms with Crippen LogP contribution in [-0.2, 0) is 10.0 Å². The van der Waals surface area contributed by atoms with Crippen molar-refractivity contribution in [2.75, 3.05) is 16.7 Å². The molecule has 156 valence electrons. The van der Waals surface area contributed by atoms with E-state index in [1.807, 2.05) is 0 Å². The van der Waals surface area contributed by atoms with Crippen LogP contribution in [0.25, 0.3) is 0 Å². The van der Waals surface area contributed by atoms with Gasteiger partial charge in [-0.15, -0.1) is 0 Å². The maximum absolute atomic E-state index is 13.8. The summed E-state index contributed by atoms with van der Waals surface area (Å²) in [6.45, 7) is 0. The van der Waals surface area contributed by atoms with Crippen LogP contribution in [0.1, 0.15) is 10.4 Å².